The molecule has 1 rings (SSSR count). The van der Waals surface area contributed by atoms with Crippen LogP contribution in [0.3, 0.4) is 0 Å². The molecule has 0 radical (unpaired) electrons. The molecule has 1 aromatic rings. The average Bonchev–Trinajstić information content (AvgIpc) is 2.06. The fourth-order valence-electron chi connectivity index (χ4n) is 1.03. The van der Waals surface area contributed by atoms with Gasteiger partial charge in [-0.05, 0) is 26.0 Å². The molecule has 0 unspecified atom stereocenters. The molecule has 0 amide bonds. The molecule has 0 spiro atoms. The highest BCUT2D eigenvalue weighted by molar-refractivity contribution is 6.32. The molecule has 0 aliphatic carbocycles. The first-order chi connectivity index (χ1) is 7.28. The summed E-state index contributed by atoms with van der Waals surface area (Å²) in [5.41, 5.74) is 0. The monoisotopic (exact) mass is 254 g/mol. The van der Waals surface area contributed by atoms with Crippen LogP contribution < -0.4 is 9.47 Å². The van der Waals surface area contributed by atoms with Gasteiger partial charge in [0.05, 0.1) is 11.1 Å². The first-order valence-electron chi connectivity index (χ1n) is 4.50. The summed E-state index contributed by atoms with van der Waals surface area (Å²) in [6.07, 6.45) is -4.82. The number of hydrogen-bond donors (Lipinski definition) is 0. The van der Waals surface area contributed by atoms with Crippen molar-refractivity contribution in [3.05, 3.63) is 23.2 Å². The number of ether oxygens (including phenoxy) is 2. The summed E-state index contributed by atoms with van der Waals surface area (Å²) >= 11 is 5.61. The van der Waals surface area contributed by atoms with E-state index in [1.54, 1.807) is 13.8 Å². The predicted octanol–water partition coefficient (Wildman–Crippen LogP) is 4.03. The van der Waals surface area contributed by atoms with Crippen LogP contribution >= 0.6 is 11.6 Å². The quantitative estimate of drug-likeness (QED) is 0.811. The maximum Gasteiger partial charge on any atom is 0.573 e. The van der Waals surface area contributed by atoms with Crippen molar-refractivity contribution in [2.24, 2.45) is 0 Å². The van der Waals surface area contributed by atoms with E-state index in [0.717, 1.165) is 6.07 Å². The maximum absolute atomic E-state index is 11.9. The van der Waals surface area contributed by atoms with Crippen LogP contribution in [0.5, 0.6) is 11.5 Å². The molecule has 6 heteroatoms. The molecule has 2 nitrogen and oxygen atoms in total. The van der Waals surface area contributed by atoms with Crippen molar-refractivity contribution in [2.45, 2.75) is 26.3 Å². The molecule has 0 aromatic heterocycles. The van der Waals surface area contributed by atoms with Gasteiger partial charge in [0, 0.05) is 6.07 Å². The summed E-state index contributed by atoms with van der Waals surface area (Å²) in [5, 5.41) is -0.143. The molecule has 0 fully saturated rings. The van der Waals surface area contributed by atoms with Crippen molar-refractivity contribution < 1.29 is 22.6 Å². The van der Waals surface area contributed by atoms with Gasteiger partial charge in [0.15, 0.2) is 0 Å². The normalized spacial score (nSPS) is 11.7. The van der Waals surface area contributed by atoms with Crippen molar-refractivity contribution in [1.82, 2.24) is 0 Å². The van der Waals surface area contributed by atoms with Crippen LogP contribution in [0.4, 0.5) is 13.2 Å². The molecule has 0 saturated heterocycles. The number of alkyl halides is 3. The van der Waals surface area contributed by atoms with Crippen molar-refractivity contribution in [1.29, 1.82) is 0 Å². The molecular formula is C10H10ClF3O2. The molecule has 0 aliphatic rings. The van der Waals surface area contributed by atoms with Crippen LogP contribution in [0.15, 0.2) is 18.2 Å². The highest BCUT2D eigenvalue weighted by Gasteiger charge is 2.32. The standard InChI is InChI=1S/C10H10ClF3O2/c1-6(2)15-7-3-4-9(8(11)5-7)16-10(12,13)14/h3-6H,1-2H3. The highest BCUT2D eigenvalue weighted by Crippen LogP contribution is 2.33. The van der Waals surface area contributed by atoms with E-state index in [0.29, 0.717) is 5.75 Å². The van der Waals surface area contributed by atoms with Crippen LogP contribution in [0, 0.1) is 0 Å². The first-order valence-corrected chi connectivity index (χ1v) is 4.87. The fourth-order valence-corrected chi connectivity index (χ4v) is 1.24. The van der Waals surface area contributed by atoms with Crippen LogP contribution in [0.25, 0.3) is 0 Å². The lowest BCUT2D eigenvalue weighted by molar-refractivity contribution is -0.274. The number of hydrogen-bond acceptors (Lipinski definition) is 2. The Morgan fingerprint density at radius 2 is 1.88 bits per heavy atom. The van der Waals surface area contributed by atoms with Crippen LogP contribution in [-0.2, 0) is 0 Å². The van der Waals surface area contributed by atoms with Crippen molar-refractivity contribution in [3.8, 4) is 11.5 Å². The Morgan fingerprint density at radius 3 is 2.31 bits per heavy atom. The second kappa shape index (κ2) is 4.82. The van der Waals surface area contributed by atoms with E-state index < -0.39 is 12.1 Å². The van der Waals surface area contributed by atoms with Gasteiger partial charge in [-0.15, -0.1) is 13.2 Å². The Morgan fingerprint density at radius 1 is 1.25 bits per heavy atom. The average molecular weight is 255 g/mol. The number of rotatable bonds is 3. The predicted molar refractivity (Wildman–Crippen MR) is 53.9 cm³/mol. The van der Waals surface area contributed by atoms with Crippen molar-refractivity contribution in [2.75, 3.05) is 0 Å². The van der Waals surface area contributed by atoms with Gasteiger partial charge < -0.3 is 9.47 Å². The van der Waals surface area contributed by atoms with E-state index in [1.165, 1.54) is 12.1 Å². The van der Waals surface area contributed by atoms with Crippen LogP contribution in [0.1, 0.15) is 13.8 Å². The van der Waals surface area contributed by atoms with Gasteiger partial charge in [0.2, 0.25) is 0 Å². The van der Waals surface area contributed by atoms with Gasteiger partial charge in [-0.1, -0.05) is 11.6 Å². The Hall–Kier alpha value is -1.10. The minimum Gasteiger partial charge on any atom is -0.491 e. The summed E-state index contributed by atoms with van der Waals surface area (Å²) in [4.78, 5) is 0. The summed E-state index contributed by atoms with van der Waals surface area (Å²) in [6.45, 7) is 3.60. The topological polar surface area (TPSA) is 18.5 Å². The summed E-state index contributed by atoms with van der Waals surface area (Å²) < 4.78 is 44.7. The second-order valence-corrected chi connectivity index (χ2v) is 3.71. The zero-order valence-corrected chi connectivity index (χ0v) is 9.39. The molecule has 0 N–H and O–H groups in total. The van der Waals surface area contributed by atoms with E-state index in [9.17, 15) is 13.2 Å². The molecule has 0 saturated carbocycles. The van der Waals surface area contributed by atoms with Crippen LogP contribution in [0.2, 0.25) is 5.02 Å². The molecular weight excluding hydrogens is 245 g/mol. The summed E-state index contributed by atoms with van der Waals surface area (Å²) in [7, 11) is 0. The van der Waals surface area contributed by atoms with E-state index in [1.807, 2.05) is 0 Å². The molecule has 90 valence electrons. The SMILES string of the molecule is CC(C)Oc1ccc(OC(F)(F)F)c(Cl)c1. The first kappa shape index (κ1) is 13.0. The summed E-state index contributed by atoms with van der Waals surface area (Å²) in [5.74, 6) is -0.0419. The Labute approximate surface area is 95.9 Å². The lowest BCUT2D eigenvalue weighted by Gasteiger charge is -2.13. The molecule has 0 bridgehead atoms. The number of benzene rings is 1. The third-order valence-corrected chi connectivity index (χ3v) is 1.80. The largest absolute Gasteiger partial charge is 0.573 e. The van der Waals surface area contributed by atoms with Gasteiger partial charge >= 0.3 is 6.36 Å². The zero-order chi connectivity index (χ0) is 12.3. The molecule has 16 heavy (non-hydrogen) atoms. The van der Waals surface area contributed by atoms with Gasteiger partial charge in [-0.2, -0.15) is 0 Å². The van der Waals surface area contributed by atoms with Crippen molar-refractivity contribution >= 4 is 11.6 Å². The van der Waals surface area contributed by atoms with Gasteiger partial charge in [0.1, 0.15) is 11.5 Å². The lowest BCUT2D eigenvalue weighted by Crippen LogP contribution is -2.17. The minimum absolute atomic E-state index is 0.0783. The van der Waals surface area contributed by atoms with E-state index in [2.05, 4.69) is 4.74 Å². The maximum atomic E-state index is 11.9. The molecule has 0 atom stereocenters. The molecule has 0 aliphatic heterocycles. The van der Waals surface area contributed by atoms with Crippen molar-refractivity contribution in [3.63, 3.8) is 0 Å². The summed E-state index contributed by atoms with van der Waals surface area (Å²) in [6, 6.07) is 3.77. The lowest BCUT2D eigenvalue weighted by atomic mass is 10.3. The highest BCUT2D eigenvalue weighted by atomic mass is 35.5. The van der Waals surface area contributed by atoms with Gasteiger partial charge in [0.25, 0.3) is 0 Å². The smallest absolute Gasteiger partial charge is 0.491 e. The second-order valence-electron chi connectivity index (χ2n) is 3.31. The van der Waals surface area contributed by atoms with E-state index >= 15 is 0 Å². The van der Waals surface area contributed by atoms with Crippen LogP contribution in [-0.4, -0.2) is 12.5 Å². The zero-order valence-electron chi connectivity index (χ0n) is 8.64. The molecule has 1 aromatic carbocycles. The Bertz CT molecular complexity index is 364. The third kappa shape index (κ3) is 4.18. The van der Waals surface area contributed by atoms with Gasteiger partial charge in [-0.25, -0.2) is 0 Å². The third-order valence-electron chi connectivity index (χ3n) is 1.50. The minimum atomic E-state index is -4.75. The Balaban J connectivity index is 2.83. The molecule has 0 heterocycles. The van der Waals surface area contributed by atoms with Gasteiger partial charge in [-0.3, -0.25) is 0 Å². The fraction of sp³-hybridized carbons (Fsp3) is 0.400. The number of halogens is 4. The Kier molecular flexibility index (Phi) is 3.91. The van der Waals surface area contributed by atoms with E-state index in [4.69, 9.17) is 16.3 Å². The van der Waals surface area contributed by atoms with E-state index in [-0.39, 0.29) is 11.1 Å².